The van der Waals surface area contributed by atoms with Gasteiger partial charge in [0.05, 0.1) is 37.1 Å². The van der Waals surface area contributed by atoms with Crippen molar-refractivity contribution in [2.45, 2.75) is 18.4 Å². The van der Waals surface area contributed by atoms with E-state index in [0.717, 1.165) is 22.5 Å². The molecule has 1 amide bonds. The number of anilines is 1. The standard InChI is InChI=1S/C21H21N3O4S/c1-13-7-9-14(10-8-13)24-20(15-11-29(26)12-16(15)23-24)22-21(25)19-17(27-2)5-4-6-18(19)28-3/h4-10H,11-12H2,1-3H3,(H,22,25)/t29-/m1/s1. The van der Waals surface area contributed by atoms with Crippen LogP contribution in [0.4, 0.5) is 5.82 Å². The molecule has 150 valence electrons. The summed E-state index contributed by atoms with van der Waals surface area (Å²) in [6.07, 6.45) is 0. The highest BCUT2D eigenvalue weighted by Crippen LogP contribution is 2.34. The summed E-state index contributed by atoms with van der Waals surface area (Å²) in [5, 5.41) is 7.58. The molecule has 2 heterocycles. The van der Waals surface area contributed by atoms with Gasteiger partial charge in [-0.05, 0) is 31.2 Å². The second-order valence-electron chi connectivity index (χ2n) is 6.74. The zero-order valence-corrected chi connectivity index (χ0v) is 17.2. The molecule has 29 heavy (non-hydrogen) atoms. The molecular weight excluding hydrogens is 390 g/mol. The van der Waals surface area contributed by atoms with Crippen LogP contribution in [0.25, 0.3) is 5.69 Å². The summed E-state index contributed by atoms with van der Waals surface area (Å²) in [6.45, 7) is 2.01. The summed E-state index contributed by atoms with van der Waals surface area (Å²) in [4.78, 5) is 13.2. The van der Waals surface area contributed by atoms with Crippen molar-refractivity contribution in [2.24, 2.45) is 0 Å². The number of benzene rings is 2. The van der Waals surface area contributed by atoms with Crippen molar-refractivity contribution >= 4 is 22.5 Å². The highest BCUT2D eigenvalue weighted by atomic mass is 32.2. The number of aryl methyl sites for hydroxylation is 1. The predicted molar refractivity (Wildman–Crippen MR) is 111 cm³/mol. The number of carbonyl (C=O) groups excluding carboxylic acids is 1. The molecule has 3 aromatic rings. The van der Waals surface area contributed by atoms with E-state index in [4.69, 9.17) is 9.47 Å². The van der Waals surface area contributed by atoms with Crippen LogP contribution < -0.4 is 14.8 Å². The Morgan fingerprint density at radius 1 is 1.07 bits per heavy atom. The Morgan fingerprint density at radius 3 is 2.34 bits per heavy atom. The molecule has 0 aliphatic carbocycles. The van der Waals surface area contributed by atoms with E-state index >= 15 is 0 Å². The number of nitrogens with zero attached hydrogens (tertiary/aromatic N) is 2. The van der Waals surface area contributed by atoms with E-state index in [2.05, 4.69) is 10.4 Å². The van der Waals surface area contributed by atoms with E-state index in [9.17, 15) is 9.00 Å². The third-order valence-electron chi connectivity index (χ3n) is 4.84. The Kier molecular flexibility index (Phi) is 5.10. The number of hydrogen-bond acceptors (Lipinski definition) is 5. The van der Waals surface area contributed by atoms with Gasteiger partial charge in [-0.25, -0.2) is 4.68 Å². The molecule has 1 aromatic heterocycles. The zero-order chi connectivity index (χ0) is 20.5. The van der Waals surface area contributed by atoms with E-state index in [-0.39, 0.29) is 5.91 Å². The Bertz CT molecular complexity index is 1080. The van der Waals surface area contributed by atoms with Gasteiger partial charge in [-0.1, -0.05) is 23.8 Å². The van der Waals surface area contributed by atoms with Crippen LogP contribution in [0.1, 0.15) is 27.2 Å². The molecule has 0 fully saturated rings. The largest absolute Gasteiger partial charge is 0.496 e. The molecule has 8 heteroatoms. The molecule has 7 nitrogen and oxygen atoms in total. The minimum Gasteiger partial charge on any atom is -0.496 e. The number of nitrogens with one attached hydrogen (secondary N) is 1. The van der Waals surface area contributed by atoms with Crippen LogP contribution in [-0.4, -0.2) is 34.1 Å². The van der Waals surface area contributed by atoms with Gasteiger partial charge in [-0.2, -0.15) is 5.10 Å². The van der Waals surface area contributed by atoms with E-state index in [1.807, 2.05) is 31.2 Å². The first-order valence-corrected chi connectivity index (χ1v) is 10.6. The number of fused-ring (bicyclic) bond motifs is 1. The molecule has 1 atom stereocenters. The summed E-state index contributed by atoms with van der Waals surface area (Å²) in [6, 6.07) is 13.0. The number of hydrogen-bond donors (Lipinski definition) is 1. The molecule has 4 rings (SSSR count). The average molecular weight is 411 g/mol. The van der Waals surface area contributed by atoms with Crippen LogP contribution in [0.2, 0.25) is 0 Å². The fraction of sp³-hybridized carbons (Fsp3) is 0.238. The van der Waals surface area contributed by atoms with Gasteiger partial charge in [0.15, 0.2) is 0 Å². The molecule has 1 N–H and O–H groups in total. The maximum atomic E-state index is 13.2. The van der Waals surface area contributed by atoms with Gasteiger partial charge in [-0.15, -0.1) is 0 Å². The minimum atomic E-state index is -1.01. The number of methoxy groups -OCH3 is 2. The van der Waals surface area contributed by atoms with E-state index in [1.165, 1.54) is 14.2 Å². The van der Waals surface area contributed by atoms with Crippen molar-refractivity contribution < 1.29 is 18.5 Å². The van der Waals surface area contributed by atoms with Crippen molar-refractivity contribution in [3.8, 4) is 17.2 Å². The Morgan fingerprint density at radius 2 is 1.72 bits per heavy atom. The van der Waals surface area contributed by atoms with Crippen LogP contribution >= 0.6 is 0 Å². The number of rotatable bonds is 5. The molecule has 0 saturated heterocycles. The lowest BCUT2D eigenvalue weighted by Crippen LogP contribution is -2.18. The SMILES string of the molecule is COc1cccc(OC)c1C(=O)Nc1c2c(nn1-c1ccc(C)cc1)C[S@](=O)C2. The number of amides is 1. The maximum absolute atomic E-state index is 13.2. The molecule has 1 aliphatic rings. The first-order chi connectivity index (χ1) is 14.0. The van der Waals surface area contributed by atoms with Gasteiger partial charge >= 0.3 is 0 Å². The fourth-order valence-corrected chi connectivity index (χ4v) is 4.64. The quantitative estimate of drug-likeness (QED) is 0.697. The maximum Gasteiger partial charge on any atom is 0.264 e. The molecule has 2 aromatic carbocycles. The van der Waals surface area contributed by atoms with Crippen LogP contribution in [0.5, 0.6) is 11.5 Å². The molecular formula is C21H21N3O4S. The van der Waals surface area contributed by atoms with Gasteiger partial charge in [0, 0.05) is 16.4 Å². The lowest BCUT2D eigenvalue weighted by atomic mass is 10.1. The molecule has 1 aliphatic heterocycles. The monoisotopic (exact) mass is 411 g/mol. The van der Waals surface area contributed by atoms with Crippen molar-refractivity contribution in [2.75, 3.05) is 19.5 Å². The number of carbonyl (C=O) groups is 1. The highest BCUT2D eigenvalue weighted by molar-refractivity contribution is 7.83. The van der Waals surface area contributed by atoms with Gasteiger partial charge in [0.2, 0.25) is 0 Å². The van der Waals surface area contributed by atoms with Crippen molar-refractivity contribution in [3.63, 3.8) is 0 Å². The first kappa shape index (κ1) is 19.2. The Hall–Kier alpha value is -3.13. The lowest BCUT2D eigenvalue weighted by Gasteiger charge is -2.15. The van der Waals surface area contributed by atoms with Crippen LogP contribution in [0, 0.1) is 6.92 Å². The van der Waals surface area contributed by atoms with Crippen LogP contribution in [-0.2, 0) is 22.3 Å². The number of ether oxygens (including phenoxy) is 2. The smallest absolute Gasteiger partial charge is 0.264 e. The van der Waals surface area contributed by atoms with Gasteiger partial charge in [0.25, 0.3) is 5.91 Å². The molecule has 0 bridgehead atoms. The minimum absolute atomic E-state index is 0.294. The second-order valence-corrected chi connectivity index (χ2v) is 8.20. The molecule has 0 unspecified atom stereocenters. The van der Waals surface area contributed by atoms with Crippen LogP contribution in [0.15, 0.2) is 42.5 Å². The Labute approximate surface area is 171 Å². The third kappa shape index (κ3) is 3.51. The molecule has 0 radical (unpaired) electrons. The van der Waals surface area contributed by atoms with Crippen molar-refractivity contribution in [1.82, 2.24) is 9.78 Å². The fourth-order valence-electron chi connectivity index (χ4n) is 3.37. The summed E-state index contributed by atoms with van der Waals surface area (Å²) in [5.74, 6) is 1.70. The highest BCUT2D eigenvalue weighted by Gasteiger charge is 2.29. The van der Waals surface area contributed by atoms with E-state index in [0.29, 0.717) is 34.4 Å². The lowest BCUT2D eigenvalue weighted by molar-refractivity contribution is 0.102. The molecule has 0 saturated carbocycles. The summed E-state index contributed by atoms with van der Waals surface area (Å²) < 4.78 is 24.5. The normalized spacial score (nSPS) is 15.1. The second kappa shape index (κ2) is 7.71. The van der Waals surface area contributed by atoms with Gasteiger partial charge < -0.3 is 14.8 Å². The predicted octanol–water partition coefficient (Wildman–Crippen LogP) is 3.21. The first-order valence-electron chi connectivity index (χ1n) is 9.07. The average Bonchev–Trinajstić information content (AvgIpc) is 3.24. The van der Waals surface area contributed by atoms with E-state index in [1.54, 1.807) is 22.9 Å². The number of aromatic nitrogens is 2. The Balaban J connectivity index is 1.79. The third-order valence-corrected chi connectivity index (χ3v) is 6.04. The summed E-state index contributed by atoms with van der Waals surface area (Å²) >= 11 is 0. The van der Waals surface area contributed by atoms with Crippen LogP contribution in [0.3, 0.4) is 0 Å². The molecule has 0 spiro atoms. The summed E-state index contributed by atoms with van der Waals surface area (Å²) in [5.41, 5.74) is 3.77. The van der Waals surface area contributed by atoms with E-state index < -0.39 is 10.8 Å². The summed E-state index contributed by atoms with van der Waals surface area (Å²) in [7, 11) is 1.99. The van der Waals surface area contributed by atoms with Crippen molar-refractivity contribution in [1.29, 1.82) is 0 Å². The zero-order valence-electron chi connectivity index (χ0n) is 16.4. The van der Waals surface area contributed by atoms with Gasteiger partial charge in [0.1, 0.15) is 22.9 Å². The topological polar surface area (TPSA) is 82.4 Å². The van der Waals surface area contributed by atoms with Crippen molar-refractivity contribution in [3.05, 3.63) is 64.8 Å². The van der Waals surface area contributed by atoms with Gasteiger partial charge in [-0.3, -0.25) is 9.00 Å².